The average Bonchev–Trinajstić information content (AvgIpc) is 2.83. The molecule has 174 valence electrons. The number of sulfonamides is 1. The van der Waals surface area contributed by atoms with Crippen molar-refractivity contribution in [3.05, 3.63) is 95.0 Å². The van der Waals surface area contributed by atoms with E-state index in [9.17, 15) is 13.2 Å². The highest BCUT2D eigenvalue weighted by Gasteiger charge is 2.17. The quantitative estimate of drug-likeness (QED) is 0.406. The van der Waals surface area contributed by atoms with E-state index in [0.29, 0.717) is 22.4 Å². The zero-order chi connectivity index (χ0) is 24.3. The van der Waals surface area contributed by atoms with Crippen LogP contribution in [0.2, 0.25) is 0 Å². The number of carbonyl (C=O) groups is 1. The van der Waals surface area contributed by atoms with Crippen molar-refractivity contribution in [3.8, 4) is 5.75 Å². The second-order valence-corrected chi connectivity index (χ2v) is 9.34. The predicted octanol–water partition coefficient (Wildman–Crippen LogP) is 4.10. The van der Waals surface area contributed by atoms with Crippen LogP contribution in [0.3, 0.4) is 0 Å². The summed E-state index contributed by atoms with van der Waals surface area (Å²) in [5, 5.41) is 7.34. The van der Waals surface area contributed by atoms with Gasteiger partial charge in [-0.2, -0.15) is 13.2 Å². The Morgan fingerprint density at radius 3 is 2.24 bits per heavy atom. The second kappa shape index (κ2) is 9.40. The number of amides is 1. The lowest BCUT2D eigenvalue weighted by atomic mass is 10.1. The largest absolute Gasteiger partial charge is 0.493 e. The number of ether oxygens (including phenoxy) is 1. The number of benzene rings is 3. The highest BCUT2D eigenvalue weighted by Crippen LogP contribution is 2.25. The third kappa shape index (κ3) is 4.94. The van der Waals surface area contributed by atoms with Crippen molar-refractivity contribution in [2.24, 2.45) is 5.10 Å². The van der Waals surface area contributed by atoms with Crippen molar-refractivity contribution < 1.29 is 22.4 Å². The van der Waals surface area contributed by atoms with Gasteiger partial charge in [0.25, 0.3) is 15.9 Å². The van der Waals surface area contributed by atoms with Gasteiger partial charge >= 0.3 is 0 Å². The highest BCUT2D eigenvalue weighted by molar-refractivity contribution is 7.89. The summed E-state index contributed by atoms with van der Waals surface area (Å²) in [6.07, 6.45) is 0. The van der Waals surface area contributed by atoms with Crippen LogP contribution >= 0.6 is 0 Å². The number of hydrogen-bond donors (Lipinski definition) is 2. The number of nitrogens with zero attached hydrogens (tertiary/aromatic N) is 1. The second-order valence-electron chi connectivity index (χ2n) is 7.68. The van der Waals surface area contributed by atoms with E-state index in [2.05, 4.69) is 15.2 Å². The number of para-hydroxylation sites is 1. The third-order valence-electron chi connectivity index (χ3n) is 5.11. The Hall–Kier alpha value is -4.11. The third-order valence-corrected chi connectivity index (χ3v) is 6.34. The zero-order valence-corrected chi connectivity index (χ0v) is 19.6. The molecule has 1 amide bonds. The van der Waals surface area contributed by atoms with Gasteiger partial charge in [0.2, 0.25) is 5.55 Å². The molecule has 3 aromatic carbocycles. The Balaban J connectivity index is 1.79. The van der Waals surface area contributed by atoms with Crippen molar-refractivity contribution in [1.29, 1.82) is 0 Å². The Kier molecular flexibility index (Phi) is 6.38. The lowest BCUT2D eigenvalue weighted by molar-refractivity contribution is 0.102. The molecule has 1 heterocycles. The molecular weight excluding hydrogens is 454 g/mol. The van der Waals surface area contributed by atoms with Crippen molar-refractivity contribution in [1.82, 2.24) is 4.83 Å². The molecule has 0 atom stereocenters. The van der Waals surface area contributed by atoms with E-state index >= 15 is 0 Å². The van der Waals surface area contributed by atoms with E-state index in [4.69, 9.17) is 9.15 Å². The van der Waals surface area contributed by atoms with Crippen LogP contribution in [-0.2, 0) is 10.0 Å². The standard InChI is InChI=1S/C25H23N3O5S/c1-16-7-11-19(12-8-16)26-24(29)21-15-18-5-4-6-22(32-3)23(18)33-25(21)27-28-34(30,31)20-13-9-17(2)10-14-20/h4-15,28H,1-3H3,(H,26,29)/b27-25+. The Morgan fingerprint density at radius 2 is 1.59 bits per heavy atom. The zero-order valence-electron chi connectivity index (χ0n) is 18.8. The van der Waals surface area contributed by atoms with Gasteiger partial charge in [0, 0.05) is 11.1 Å². The van der Waals surface area contributed by atoms with Gasteiger partial charge in [-0.1, -0.05) is 47.5 Å². The number of anilines is 1. The van der Waals surface area contributed by atoms with E-state index in [-0.39, 0.29) is 16.0 Å². The van der Waals surface area contributed by atoms with E-state index in [0.717, 1.165) is 11.1 Å². The molecule has 0 fully saturated rings. The summed E-state index contributed by atoms with van der Waals surface area (Å²) in [4.78, 5) is 15.3. The summed E-state index contributed by atoms with van der Waals surface area (Å²) >= 11 is 0. The van der Waals surface area contributed by atoms with E-state index in [1.54, 1.807) is 48.5 Å². The topological polar surface area (TPSA) is 110 Å². The van der Waals surface area contributed by atoms with Crippen LogP contribution in [0.4, 0.5) is 5.69 Å². The van der Waals surface area contributed by atoms with Gasteiger partial charge in [-0.25, -0.2) is 0 Å². The predicted molar refractivity (Wildman–Crippen MR) is 129 cm³/mol. The Morgan fingerprint density at radius 1 is 0.941 bits per heavy atom. The average molecular weight is 478 g/mol. The molecule has 0 saturated carbocycles. The molecule has 0 aliphatic rings. The van der Waals surface area contributed by atoms with Crippen LogP contribution in [-0.4, -0.2) is 21.4 Å². The number of rotatable bonds is 6. The fourth-order valence-electron chi connectivity index (χ4n) is 3.24. The summed E-state index contributed by atoms with van der Waals surface area (Å²) in [5.74, 6) is -0.0913. The molecule has 2 N–H and O–H groups in total. The molecule has 8 nitrogen and oxygen atoms in total. The normalized spacial score (nSPS) is 11.9. The van der Waals surface area contributed by atoms with E-state index < -0.39 is 15.9 Å². The molecule has 34 heavy (non-hydrogen) atoms. The van der Waals surface area contributed by atoms with Crippen molar-refractivity contribution in [2.75, 3.05) is 12.4 Å². The first-order valence-electron chi connectivity index (χ1n) is 10.4. The summed E-state index contributed by atoms with van der Waals surface area (Å²) in [6, 6.07) is 20.4. The molecule has 1 aromatic heterocycles. The van der Waals surface area contributed by atoms with Crippen molar-refractivity contribution in [3.63, 3.8) is 0 Å². The monoisotopic (exact) mass is 477 g/mol. The fourth-order valence-corrected chi connectivity index (χ4v) is 4.04. The molecule has 4 rings (SSSR count). The first-order valence-corrected chi connectivity index (χ1v) is 11.9. The first kappa shape index (κ1) is 23.1. The molecule has 0 unspecified atom stereocenters. The smallest absolute Gasteiger partial charge is 0.276 e. The van der Waals surface area contributed by atoms with E-state index in [1.165, 1.54) is 19.2 Å². The van der Waals surface area contributed by atoms with Gasteiger partial charge in [-0.15, -0.1) is 5.10 Å². The molecule has 9 heteroatoms. The number of aryl methyl sites for hydroxylation is 2. The number of carbonyl (C=O) groups excluding carboxylic acids is 1. The molecule has 0 aliphatic carbocycles. The van der Waals surface area contributed by atoms with Gasteiger partial charge in [0.1, 0.15) is 5.56 Å². The number of fused-ring (bicyclic) bond motifs is 1. The van der Waals surface area contributed by atoms with Crippen LogP contribution in [0.25, 0.3) is 11.0 Å². The van der Waals surface area contributed by atoms with Gasteiger partial charge in [-0.3, -0.25) is 4.79 Å². The minimum atomic E-state index is -3.99. The van der Waals surface area contributed by atoms with Gasteiger partial charge in [0.05, 0.1) is 12.0 Å². The molecule has 0 bridgehead atoms. The van der Waals surface area contributed by atoms with Crippen molar-refractivity contribution in [2.45, 2.75) is 18.7 Å². The van der Waals surface area contributed by atoms with Crippen LogP contribution in [0.1, 0.15) is 21.5 Å². The van der Waals surface area contributed by atoms with Crippen LogP contribution in [0.5, 0.6) is 5.75 Å². The molecule has 0 aliphatic heterocycles. The maximum absolute atomic E-state index is 13.1. The fraction of sp³-hybridized carbons (Fsp3) is 0.120. The summed E-state index contributed by atoms with van der Waals surface area (Å²) < 4.78 is 36.7. The van der Waals surface area contributed by atoms with Crippen LogP contribution in [0, 0.1) is 13.8 Å². The van der Waals surface area contributed by atoms with Crippen LogP contribution in [0.15, 0.2) is 87.2 Å². The van der Waals surface area contributed by atoms with E-state index in [1.807, 2.05) is 26.0 Å². The van der Waals surface area contributed by atoms with Gasteiger partial charge in [0.15, 0.2) is 11.3 Å². The number of hydrogen-bond acceptors (Lipinski definition) is 6. The Labute approximate surface area is 196 Å². The summed E-state index contributed by atoms with van der Waals surface area (Å²) in [6.45, 7) is 3.80. The van der Waals surface area contributed by atoms with Gasteiger partial charge < -0.3 is 14.5 Å². The molecule has 0 saturated heterocycles. The molecule has 0 radical (unpaired) electrons. The van der Waals surface area contributed by atoms with Gasteiger partial charge in [-0.05, 0) is 50.2 Å². The number of methoxy groups -OCH3 is 1. The molecule has 0 spiro atoms. The lowest BCUT2D eigenvalue weighted by Gasteiger charge is -2.09. The first-order chi connectivity index (χ1) is 16.3. The highest BCUT2D eigenvalue weighted by atomic mass is 32.2. The summed E-state index contributed by atoms with van der Waals surface area (Å²) in [5.41, 5.74) is 2.71. The maximum Gasteiger partial charge on any atom is 0.276 e. The SMILES string of the molecule is COc1cccc2cc(C(=O)Nc3ccc(C)cc3)/c(=N\NS(=O)(=O)c3ccc(C)cc3)oc12. The molecule has 4 aromatic rings. The maximum atomic E-state index is 13.1. The number of nitrogens with one attached hydrogen (secondary N) is 2. The van der Waals surface area contributed by atoms with Crippen molar-refractivity contribution >= 4 is 32.6 Å². The van der Waals surface area contributed by atoms with Crippen LogP contribution < -0.4 is 20.4 Å². The minimum Gasteiger partial charge on any atom is -0.493 e. The minimum absolute atomic E-state index is 0.0332. The summed E-state index contributed by atoms with van der Waals surface area (Å²) in [7, 11) is -2.50. The Bertz CT molecular complexity index is 1520. The lowest BCUT2D eigenvalue weighted by Crippen LogP contribution is -2.27. The molecular formula is C25H23N3O5S.